The average molecular weight is 732 g/mol. The Morgan fingerprint density at radius 2 is 1.85 bits per heavy atom. The number of hydrogen-bond donors (Lipinski definition) is 3. The smallest absolute Gasteiger partial charge is 0.459 e. The van der Waals surface area contributed by atoms with E-state index in [9.17, 15) is 37.2 Å². The minimum atomic E-state index is -4.63. The third kappa shape index (κ3) is 9.05. The van der Waals surface area contributed by atoms with Gasteiger partial charge in [0.2, 0.25) is 0 Å². The minimum absolute atomic E-state index is 0.101. The molecule has 1 aromatic heterocycles. The summed E-state index contributed by atoms with van der Waals surface area (Å²) in [6.45, 7) is 1.97. The van der Waals surface area contributed by atoms with Gasteiger partial charge in [-0.15, -0.1) is 0 Å². The average Bonchev–Trinajstić information content (AvgIpc) is 3.36. The van der Waals surface area contributed by atoms with Crippen molar-refractivity contribution in [3.63, 3.8) is 0 Å². The number of halogens is 4. The quantitative estimate of drug-likeness (QED) is 0.173. The van der Waals surface area contributed by atoms with Crippen LogP contribution in [0.4, 0.5) is 13.2 Å². The number of ether oxygens (including phenoxy) is 2. The number of aliphatic hydroxyl groups excluding tert-OH is 1. The number of H-pyrrole nitrogens is 1. The molecule has 1 aliphatic heterocycles. The third-order valence-corrected chi connectivity index (χ3v) is 8.75. The van der Waals surface area contributed by atoms with Crippen molar-refractivity contribution in [3.8, 4) is 5.75 Å². The largest absolute Gasteiger partial charge is 0.459 e. The van der Waals surface area contributed by atoms with Gasteiger partial charge in [0.1, 0.15) is 30.2 Å². The van der Waals surface area contributed by atoms with Crippen molar-refractivity contribution < 1.29 is 46.2 Å². The van der Waals surface area contributed by atoms with Crippen LogP contribution in [0.1, 0.15) is 43.2 Å². The summed E-state index contributed by atoms with van der Waals surface area (Å²) in [5, 5.41) is 13.2. The van der Waals surface area contributed by atoms with Crippen molar-refractivity contribution in [1.82, 2.24) is 14.6 Å². The van der Waals surface area contributed by atoms with Gasteiger partial charge in [0.15, 0.2) is 0 Å². The zero-order valence-corrected chi connectivity index (χ0v) is 26.9. The van der Waals surface area contributed by atoms with Crippen LogP contribution >= 0.6 is 23.7 Å². The van der Waals surface area contributed by atoms with Gasteiger partial charge < -0.3 is 19.1 Å². The highest BCUT2D eigenvalue weighted by Crippen LogP contribution is 2.47. The fourth-order valence-electron chi connectivity index (χ4n) is 4.33. The van der Waals surface area contributed by atoms with Gasteiger partial charge in [-0.2, -0.15) is 18.3 Å². The highest BCUT2D eigenvalue weighted by molar-refractivity contribution is 9.11. The Balaban J connectivity index is 1.53. The molecule has 1 fully saturated rings. The molecule has 0 amide bonds. The summed E-state index contributed by atoms with van der Waals surface area (Å²) in [5.74, 6) is -1.13. The van der Waals surface area contributed by atoms with E-state index >= 15 is 0 Å². The molecular formula is C29H30BrF3N3O9P. The molecule has 3 aromatic rings. The second-order valence-corrected chi connectivity index (χ2v) is 12.9. The summed E-state index contributed by atoms with van der Waals surface area (Å²) in [4.78, 5) is 41.1. The number of carbonyl (C=O) groups excluding carboxylic acids is 1. The monoisotopic (exact) mass is 731 g/mol. The van der Waals surface area contributed by atoms with Crippen molar-refractivity contribution in [2.75, 3.05) is 6.61 Å². The number of nitrogens with one attached hydrogen (secondary N) is 2. The van der Waals surface area contributed by atoms with Crippen LogP contribution in [0.25, 0.3) is 6.08 Å². The lowest BCUT2D eigenvalue weighted by molar-refractivity contribution is -0.151. The van der Waals surface area contributed by atoms with Crippen LogP contribution in [0.2, 0.25) is 0 Å². The van der Waals surface area contributed by atoms with E-state index in [1.165, 1.54) is 31.1 Å². The van der Waals surface area contributed by atoms with E-state index in [1.54, 1.807) is 30.3 Å². The lowest BCUT2D eigenvalue weighted by atomic mass is 10.1. The molecule has 1 saturated heterocycles. The van der Waals surface area contributed by atoms with Crippen molar-refractivity contribution >= 4 is 35.7 Å². The van der Waals surface area contributed by atoms with Crippen LogP contribution in [0, 0.1) is 0 Å². The topological polar surface area (TPSA) is 158 Å². The second-order valence-electron chi connectivity index (χ2n) is 10.7. The maximum atomic E-state index is 14.1. The Morgan fingerprint density at radius 1 is 1.17 bits per heavy atom. The van der Waals surface area contributed by atoms with Crippen LogP contribution in [0.3, 0.4) is 0 Å². The number of aromatic amines is 1. The summed E-state index contributed by atoms with van der Waals surface area (Å²) in [7, 11) is -4.63. The standard InChI is InChI=1S/C29H30BrF3N3O9P/c1-28(2,26(39)42-16-18-6-4-3-5-7-18)35-46(41,45-21-10-8-20(9-11-21)29(31,32)33)43-17-23-22(37)14-24(44-23)36-15-19(12-13-30)25(38)34-27(36)40/h3-13,15,22-24,37H,14,16-17H2,1-2H3,(H,35,41)(H,34,38,40)/b13-12+/t22-,23+,24+,46?/m0/s1. The highest BCUT2D eigenvalue weighted by Gasteiger charge is 2.43. The first-order valence-electron chi connectivity index (χ1n) is 13.7. The molecule has 12 nitrogen and oxygen atoms in total. The predicted octanol–water partition coefficient (Wildman–Crippen LogP) is 4.88. The number of esters is 1. The number of carbonyl (C=O) groups is 1. The molecule has 0 spiro atoms. The van der Waals surface area contributed by atoms with Crippen molar-refractivity contribution in [1.29, 1.82) is 0 Å². The second kappa shape index (κ2) is 14.5. The predicted molar refractivity (Wildman–Crippen MR) is 163 cm³/mol. The molecule has 248 valence electrons. The fraction of sp³-hybridized carbons (Fsp3) is 0.345. The molecular weight excluding hydrogens is 702 g/mol. The summed E-state index contributed by atoms with van der Waals surface area (Å²) in [5.41, 5.74) is -3.33. The van der Waals surface area contributed by atoms with Crippen LogP contribution in [0.5, 0.6) is 5.75 Å². The summed E-state index contributed by atoms with van der Waals surface area (Å²) >= 11 is 3.06. The zero-order chi connectivity index (χ0) is 33.7. The van der Waals surface area contributed by atoms with Crippen LogP contribution in [-0.4, -0.2) is 45.0 Å². The molecule has 4 rings (SSSR count). The van der Waals surface area contributed by atoms with Gasteiger partial charge >= 0.3 is 25.6 Å². The summed E-state index contributed by atoms with van der Waals surface area (Å²) in [6, 6.07) is 12.1. The third-order valence-electron chi connectivity index (χ3n) is 6.71. The molecule has 2 aromatic carbocycles. The number of aromatic nitrogens is 2. The lowest BCUT2D eigenvalue weighted by Gasteiger charge is -2.30. The van der Waals surface area contributed by atoms with E-state index in [0.29, 0.717) is 17.7 Å². The Kier molecular flexibility index (Phi) is 11.1. The first-order valence-corrected chi connectivity index (χ1v) is 16.1. The van der Waals surface area contributed by atoms with Crippen molar-refractivity contribution in [2.45, 2.75) is 57.0 Å². The maximum absolute atomic E-state index is 14.1. The van der Waals surface area contributed by atoms with Gasteiger partial charge in [-0.1, -0.05) is 46.3 Å². The summed E-state index contributed by atoms with van der Waals surface area (Å²) < 4.78 is 76.6. The first kappa shape index (κ1) is 35.3. The van der Waals surface area contributed by atoms with Crippen molar-refractivity contribution in [3.05, 3.63) is 103 Å². The Hall–Kier alpha value is -3.53. The van der Waals surface area contributed by atoms with E-state index in [0.717, 1.165) is 16.7 Å². The molecule has 17 heteroatoms. The molecule has 0 bridgehead atoms. The number of nitrogens with zero attached hydrogens (tertiary/aromatic N) is 1. The van der Waals surface area contributed by atoms with E-state index < -0.39 is 67.3 Å². The molecule has 0 saturated carbocycles. The van der Waals surface area contributed by atoms with Gasteiger partial charge in [-0.25, -0.2) is 9.36 Å². The molecule has 46 heavy (non-hydrogen) atoms. The van der Waals surface area contributed by atoms with E-state index in [2.05, 4.69) is 26.0 Å². The van der Waals surface area contributed by atoms with Gasteiger partial charge in [0, 0.05) is 12.6 Å². The zero-order valence-electron chi connectivity index (χ0n) is 24.4. The van der Waals surface area contributed by atoms with E-state index in [4.69, 9.17) is 18.5 Å². The van der Waals surface area contributed by atoms with Gasteiger partial charge in [0.05, 0.1) is 23.8 Å². The van der Waals surface area contributed by atoms with Crippen molar-refractivity contribution in [2.24, 2.45) is 0 Å². The van der Waals surface area contributed by atoms with Gasteiger partial charge in [-0.3, -0.25) is 23.7 Å². The van der Waals surface area contributed by atoms with Gasteiger partial charge in [-0.05, 0) is 54.7 Å². The van der Waals surface area contributed by atoms with E-state index in [1.807, 2.05) is 0 Å². The van der Waals surface area contributed by atoms with E-state index in [-0.39, 0.29) is 24.3 Å². The van der Waals surface area contributed by atoms with Crippen LogP contribution < -0.4 is 20.9 Å². The molecule has 1 aliphatic rings. The number of hydrogen-bond acceptors (Lipinski definition) is 9. The normalized spacial score (nSPS) is 20.0. The fourth-order valence-corrected chi connectivity index (χ4v) is 6.29. The molecule has 0 aliphatic carbocycles. The SMILES string of the molecule is CC(C)(NP(=O)(OC[C@H]1O[C@@H](n2cc(/C=C/Br)c(=O)[nH]c2=O)C[C@@H]1O)Oc1ccc(C(F)(F)F)cc1)C(=O)OCc1ccccc1. The maximum Gasteiger partial charge on any atom is 0.459 e. The number of rotatable bonds is 12. The number of benzene rings is 2. The Morgan fingerprint density at radius 3 is 2.48 bits per heavy atom. The molecule has 3 N–H and O–H groups in total. The number of aliphatic hydroxyl groups is 1. The highest BCUT2D eigenvalue weighted by atomic mass is 79.9. The Bertz CT molecular complexity index is 1710. The molecule has 1 unspecified atom stereocenters. The van der Waals surface area contributed by atoms with Crippen LogP contribution in [0.15, 0.2) is 75.4 Å². The number of alkyl halides is 3. The first-order chi connectivity index (χ1) is 21.6. The van der Waals surface area contributed by atoms with Gasteiger partial charge in [0.25, 0.3) is 5.56 Å². The molecule has 2 heterocycles. The minimum Gasteiger partial charge on any atom is -0.459 e. The lowest BCUT2D eigenvalue weighted by Crippen LogP contribution is -2.47. The molecule has 4 atom stereocenters. The molecule has 0 radical (unpaired) electrons. The summed E-state index contributed by atoms with van der Waals surface area (Å²) in [6.07, 6.45) is -5.60. The van der Waals surface area contributed by atoms with Crippen LogP contribution in [-0.2, 0) is 36.1 Å². The Labute approximate surface area is 268 Å².